The number of alkyl halides is 3. The van der Waals surface area contributed by atoms with E-state index in [4.69, 9.17) is 10.5 Å². The van der Waals surface area contributed by atoms with E-state index in [1.54, 1.807) is 0 Å². The van der Waals surface area contributed by atoms with E-state index < -0.39 is 22.6 Å². The molecular formula is C17H13F3N6O4. The molecule has 13 heteroatoms. The minimum Gasteiger partial charge on any atom is -0.437 e. The van der Waals surface area contributed by atoms with Crippen molar-refractivity contribution in [1.82, 2.24) is 15.3 Å². The lowest BCUT2D eigenvalue weighted by atomic mass is 10.1. The largest absolute Gasteiger partial charge is 0.437 e. The highest BCUT2D eigenvalue weighted by molar-refractivity contribution is 6.07. The number of halogens is 3. The molecular weight excluding hydrogens is 409 g/mol. The van der Waals surface area contributed by atoms with Crippen molar-refractivity contribution < 1.29 is 27.6 Å². The van der Waals surface area contributed by atoms with Crippen LogP contribution in [0.5, 0.6) is 11.6 Å². The Morgan fingerprint density at radius 3 is 2.70 bits per heavy atom. The van der Waals surface area contributed by atoms with Gasteiger partial charge >= 0.3 is 6.18 Å². The van der Waals surface area contributed by atoms with Crippen molar-refractivity contribution in [3.63, 3.8) is 0 Å². The highest BCUT2D eigenvalue weighted by atomic mass is 19.4. The molecule has 0 fully saturated rings. The maximum Gasteiger partial charge on any atom is 0.417 e. The van der Waals surface area contributed by atoms with Gasteiger partial charge in [0.15, 0.2) is 11.7 Å². The number of aromatic nitrogens is 2. The topological polar surface area (TPSA) is 149 Å². The number of fused-ring (bicyclic) bond motifs is 1. The summed E-state index contributed by atoms with van der Waals surface area (Å²) in [5.74, 6) is -1.38. The molecule has 3 aromatic rings. The van der Waals surface area contributed by atoms with Crippen LogP contribution in [0.3, 0.4) is 0 Å². The average molecular weight is 422 g/mol. The number of nitro groups is 1. The third kappa shape index (κ3) is 4.14. The fourth-order valence-corrected chi connectivity index (χ4v) is 2.57. The van der Waals surface area contributed by atoms with Crippen molar-refractivity contribution in [2.24, 2.45) is 10.7 Å². The third-order valence-corrected chi connectivity index (χ3v) is 3.93. The molecule has 0 saturated heterocycles. The fourth-order valence-electron chi connectivity index (χ4n) is 2.57. The molecule has 10 nitrogen and oxygen atoms in total. The van der Waals surface area contributed by atoms with Gasteiger partial charge in [-0.3, -0.25) is 25.2 Å². The quantitative estimate of drug-likeness (QED) is 0.255. The number of H-pyrrole nitrogens is 1. The molecule has 2 aromatic heterocycles. The number of carbonyl (C=O) groups excluding carboxylic acids is 1. The highest BCUT2D eigenvalue weighted by Gasteiger charge is 2.34. The molecule has 0 spiro atoms. The molecule has 0 aliphatic carbocycles. The van der Waals surface area contributed by atoms with E-state index in [0.29, 0.717) is 0 Å². The molecule has 0 unspecified atom stereocenters. The Morgan fingerprint density at radius 1 is 1.33 bits per heavy atom. The fraction of sp³-hybridized carbons (Fsp3) is 0.118. The number of hydrogen-bond acceptors (Lipinski definition) is 6. The molecule has 0 aliphatic rings. The van der Waals surface area contributed by atoms with Gasteiger partial charge in [0.05, 0.1) is 22.1 Å². The number of aliphatic imine (C=N–C) groups is 1. The first-order valence-electron chi connectivity index (χ1n) is 8.15. The molecule has 0 saturated carbocycles. The summed E-state index contributed by atoms with van der Waals surface area (Å²) in [7, 11) is 1.32. The SMILES string of the molecule is CN=C(N)NC(=O)c1cc2c(C(F)(F)F)ccc(Oc3cc([N+](=O)[O-])ccn3)c2[nH]1. The number of aromatic amines is 1. The summed E-state index contributed by atoms with van der Waals surface area (Å²) in [6, 6.07) is 4.92. The van der Waals surface area contributed by atoms with Gasteiger partial charge in [-0.15, -0.1) is 0 Å². The van der Waals surface area contributed by atoms with Gasteiger partial charge in [0.25, 0.3) is 11.6 Å². The molecule has 0 bridgehead atoms. The van der Waals surface area contributed by atoms with E-state index in [-0.39, 0.29) is 39.9 Å². The van der Waals surface area contributed by atoms with Gasteiger partial charge in [-0.05, 0) is 18.2 Å². The zero-order valence-electron chi connectivity index (χ0n) is 15.1. The number of benzene rings is 1. The molecule has 156 valence electrons. The Labute approximate surface area is 165 Å². The van der Waals surface area contributed by atoms with E-state index >= 15 is 0 Å². The molecule has 0 aliphatic heterocycles. The van der Waals surface area contributed by atoms with Crippen LogP contribution in [0.15, 0.2) is 41.5 Å². The Morgan fingerprint density at radius 2 is 2.07 bits per heavy atom. The van der Waals surface area contributed by atoms with Gasteiger partial charge in [-0.2, -0.15) is 13.2 Å². The lowest BCUT2D eigenvalue weighted by molar-refractivity contribution is -0.385. The number of rotatable bonds is 4. The first-order chi connectivity index (χ1) is 14.1. The Kier molecular flexibility index (Phi) is 5.27. The normalized spacial score (nSPS) is 12.1. The second-order valence-corrected chi connectivity index (χ2v) is 5.86. The first kappa shape index (κ1) is 20.6. The number of guanidine groups is 1. The number of nitrogens with one attached hydrogen (secondary N) is 2. The maximum absolute atomic E-state index is 13.4. The smallest absolute Gasteiger partial charge is 0.417 e. The van der Waals surface area contributed by atoms with Crippen LogP contribution in [0.1, 0.15) is 16.1 Å². The summed E-state index contributed by atoms with van der Waals surface area (Å²) in [6.07, 6.45) is -3.59. The number of carbonyl (C=O) groups is 1. The van der Waals surface area contributed by atoms with E-state index in [2.05, 4.69) is 20.3 Å². The van der Waals surface area contributed by atoms with Crippen molar-refractivity contribution in [1.29, 1.82) is 0 Å². The van der Waals surface area contributed by atoms with Crippen molar-refractivity contribution in [3.8, 4) is 11.6 Å². The molecule has 4 N–H and O–H groups in total. The zero-order chi connectivity index (χ0) is 22.1. The molecule has 0 atom stereocenters. The number of pyridine rings is 1. The van der Waals surface area contributed by atoms with Gasteiger partial charge in [0.1, 0.15) is 5.69 Å². The van der Waals surface area contributed by atoms with Crippen LogP contribution in [-0.4, -0.2) is 33.8 Å². The lowest BCUT2D eigenvalue weighted by Crippen LogP contribution is -2.36. The summed E-state index contributed by atoms with van der Waals surface area (Å²) in [6.45, 7) is 0. The van der Waals surface area contributed by atoms with Crippen LogP contribution in [0.2, 0.25) is 0 Å². The van der Waals surface area contributed by atoms with Gasteiger partial charge in [0.2, 0.25) is 5.88 Å². The van der Waals surface area contributed by atoms with Gasteiger partial charge in [0, 0.05) is 24.7 Å². The zero-order valence-corrected chi connectivity index (χ0v) is 15.1. The number of nitrogens with zero attached hydrogens (tertiary/aromatic N) is 3. The second-order valence-electron chi connectivity index (χ2n) is 5.86. The number of hydrogen-bond donors (Lipinski definition) is 3. The van der Waals surface area contributed by atoms with Crippen LogP contribution in [0.25, 0.3) is 10.9 Å². The van der Waals surface area contributed by atoms with Crippen LogP contribution < -0.4 is 15.8 Å². The Hall–Kier alpha value is -4.16. The lowest BCUT2D eigenvalue weighted by Gasteiger charge is -2.11. The van der Waals surface area contributed by atoms with Crippen LogP contribution in [0, 0.1) is 10.1 Å². The first-order valence-corrected chi connectivity index (χ1v) is 8.15. The van der Waals surface area contributed by atoms with Crippen molar-refractivity contribution in [3.05, 3.63) is 57.9 Å². The molecule has 1 aromatic carbocycles. The van der Waals surface area contributed by atoms with E-state index in [1.807, 2.05) is 0 Å². The van der Waals surface area contributed by atoms with Crippen molar-refractivity contribution in [2.75, 3.05) is 7.05 Å². The van der Waals surface area contributed by atoms with Gasteiger partial charge < -0.3 is 15.5 Å². The molecule has 0 radical (unpaired) electrons. The summed E-state index contributed by atoms with van der Waals surface area (Å²) < 4.78 is 45.7. The minimum atomic E-state index is -4.71. The molecule has 1 amide bonds. The molecule has 30 heavy (non-hydrogen) atoms. The summed E-state index contributed by atoms with van der Waals surface area (Å²) >= 11 is 0. The predicted octanol–water partition coefficient (Wildman–Crippen LogP) is 2.96. The van der Waals surface area contributed by atoms with E-state index in [0.717, 1.165) is 36.5 Å². The second kappa shape index (κ2) is 7.69. The standard InChI is InChI=1S/C17H13F3N6O4/c1-22-16(21)25-15(27)11-7-9-10(17(18,19)20)2-3-12(14(9)24-11)30-13-6-8(26(28)29)4-5-23-13/h2-7,24H,1H3,(H3,21,22,25,27). The van der Waals surface area contributed by atoms with Gasteiger partial charge in [-0.1, -0.05) is 0 Å². The van der Waals surface area contributed by atoms with Crippen molar-refractivity contribution >= 4 is 28.5 Å². The third-order valence-electron chi connectivity index (χ3n) is 3.93. The van der Waals surface area contributed by atoms with Crippen LogP contribution in [-0.2, 0) is 6.18 Å². The Bertz CT molecular complexity index is 1170. The average Bonchev–Trinajstić information content (AvgIpc) is 3.13. The Balaban J connectivity index is 2.10. The van der Waals surface area contributed by atoms with E-state index in [1.165, 1.54) is 7.05 Å². The summed E-state index contributed by atoms with van der Waals surface area (Å²) in [5, 5.41) is 12.7. The van der Waals surface area contributed by atoms with E-state index in [9.17, 15) is 28.1 Å². The van der Waals surface area contributed by atoms with Crippen LogP contribution >= 0.6 is 0 Å². The monoisotopic (exact) mass is 422 g/mol. The van der Waals surface area contributed by atoms with Gasteiger partial charge in [-0.25, -0.2) is 4.98 Å². The number of amides is 1. The summed E-state index contributed by atoms with van der Waals surface area (Å²) in [5.41, 5.74) is 3.70. The summed E-state index contributed by atoms with van der Waals surface area (Å²) in [4.78, 5) is 32.3. The predicted molar refractivity (Wildman–Crippen MR) is 99.3 cm³/mol. The minimum absolute atomic E-state index is 0.123. The molecule has 2 heterocycles. The number of nitrogens with two attached hydrogens (primary N) is 1. The van der Waals surface area contributed by atoms with Crippen LogP contribution in [0.4, 0.5) is 18.9 Å². The molecule has 3 rings (SSSR count). The maximum atomic E-state index is 13.4. The number of ether oxygens (including phenoxy) is 1. The highest BCUT2D eigenvalue weighted by Crippen LogP contribution is 2.39. The van der Waals surface area contributed by atoms with Crippen molar-refractivity contribution in [2.45, 2.75) is 6.18 Å².